The molecule has 0 aliphatic carbocycles. The summed E-state index contributed by atoms with van der Waals surface area (Å²) in [6, 6.07) is 0. The van der Waals surface area contributed by atoms with E-state index in [1.54, 1.807) is 14.1 Å². The summed E-state index contributed by atoms with van der Waals surface area (Å²) >= 11 is 0. The van der Waals surface area contributed by atoms with Gasteiger partial charge in [0.1, 0.15) is 0 Å². The van der Waals surface area contributed by atoms with Gasteiger partial charge in [-0.15, -0.1) is 0 Å². The summed E-state index contributed by atoms with van der Waals surface area (Å²) in [6.07, 6.45) is 2.19. The van der Waals surface area contributed by atoms with Crippen LogP contribution in [0.4, 0.5) is 0 Å². The summed E-state index contributed by atoms with van der Waals surface area (Å²) in [7, 11) is 1.63. The van der Waals surface area contributed by atoms with E-state index in [1.807, 2.05) is 13.8 Å². The van der Waals surface area contributed by atoms with Gasteiger partial charge in [0, 0.05) is 5.41 Å². The molecule has 0 rings (SSSR count). The molecular weight excluding hydrogens is 211 g/mol. The molecule has 0 aliphatic heterocycles. The third-order valence-electron chi connectivity index (χ3n) is 3.08. The van der Waals surface area contributed by atoms with Gasteiger partial charge in [0.25, 0.3) is 0 Å². The Hall–Kier alpha value is -0.305. The summed E-state index contributed by atoms with van der Waals surface area (Å²) in [5.41, 5.74) is -0.406. The van der Waals surface area contributed by atoms with E-state index in [1.165, 1.54) is 0 Å². The normalized spacial score (nSPS) is 12.9. The summed E-state index contributed by atoms with van der Waals surface area (Å²) in [5.74, 6) is 0.691. The van der Waals surface area contributed by atoms with E-state index in [9.17, 15) is 4.79 Å². The lowest BCUT2D eigenvalue weighted by Crippen LogP contribution is -2.37. The van der Waals surface area contributed by atoms with Crippen LogP contribution in [0.3, 0.4) is 0 Å². The van der Waals surface area contributed by atoms with Crippen molar-refractivity contribution in [2.45, 2.75) is 66.8 Å². The molecule has 0 saturated heterocycles. The van der Waals surface area contributed by atoms with Gasteiger partial charge >= 0.3 is 0 Å². The van der Waals surface area contributed by atoms with Crippen molar-refractivity contribution < 1.29 is 9.53 Å². The second-order valence-corrected chi connectivity index (χ2v) is 6.52. The molecule has 0 saturated carbocycles. The van der Waals surface area contributed by atoms with E-state index in [2.05, 4.69) is 27.7 Å². The van der Waals surface area contributed by atoms with Gasteiger partial charge in [0.05, 0.1) is 17.9 Å². The number of carbonyl (C=O) groups is 1. The predicted molar refractivity (Wildman–Crippen MR) is 74.5 cm³/mol. The molecule has 0 unspecified atom stereocenters. The Bertz CT molecular complexity index is 245. The molecule has 0 aromatic carbocycles. The first kappa shape index (κ1) is 16.7. The highest BCUT2D eigenvalue weighted by Gasteiger charge is 2.29. The van der Waals surface area contributed by atoms with E-state index in [0.29, 0.717) is 12.5 Å². The minimum atomic E-state index is -0.413. The predicted octanol–water partition coefficient (Wildman–Crippen LogP) is 3.52. The van der Waals surface area contributed by atoms with Crippen molar-refractivity contribution in [3.63, 3.8) is 0 Å². The molecule has 1 radical (unpaired) electrons. The van der Waals surface area contributed by atoms with E-state index in [0.717, 1.165) is 12.8 Å². The van der Waals surface area contributed by atoms with Gasteiger partial charge < -0.3 is 9.53 Å². The van der Waals surface area contributed by atoms with Gasteiger partial charge in [-0.05, 0) is 32.6 Å². The van der Waals surface area contributed by atoms with Crippen molar-refractivity contribution in [1.29, 1.82) is 0 Å². The average Bonchev–Trinajstić information content (AvgIpc) is 2.23. The molecule has 0 spiro atoms. The number of hydrogen-bond acceptors (Lipinski definition) is 2. The third-order valence-corrected chi connectivity index (χ3v) is 3.08. The Morgan fingerprint density at radius 1 is 1.24 bits per heavy atom. The second kappa shape index (κ2) is 6.58. The average molecular weight is 239 g/mol. The fourth-order valence-electron chi connectivity index (χ4n) is 1.55. The Labute approximate surface area is 108 Å². The van der Waals surface area contributed by atoms with E-state index in [-0.39, 0.29) is 11.3 Å². The Kier molecular flexibility index (Phi) is 6.46. The summed E-state index contributed by atoms with van der Waals surface area (Å²) in [4.78, 5) is 11.7. The number of rotatable bonds is 8. The Morgan fingerprint density at radius 2 is 1.76 bits per heavy atom. The van der Waals surface area contributed by atoms with Crippen molar-refractivity contribution in [3.05, 3.63) is 0 Å². The largest absolute Gasteiger partial charge is 0.375 e. The number of carbonyl (C=O) groups excluding carboxylic acids is 1. The zero-order valence-electron chi connectivity index (χ0n) is 12.6. The van der Waals surface area contributed by atoms with Crippen LogP contribution in [0.1, 0.15) is 54.4 Å². The zero-order chi connectivity index (χ0) is 13.7. The van der Waals surface area contributed by atoms with Crippen LogP contribution in [0.15, 0.2) is 0 Å². The molecule has 0 amide bonds. The molecule has 0 fully saturated rings. The molecule has 0 heterocycles. The maximum Gasteiger partial charge on any atom is 0.199 e. The first-order valence-corrected chi connectivity index (χ1v) is 6.58. The van der Waals surface area contributed by atoms with Crippen LogP contribution in [-0.4, -0.2) is 25.2 Å². The Balaban J connectivity index is 4.20. The van der Waals surface area contributed by atoms with Gasteiger partial charge in [-0.25, -0.2) is 0 Å². The standard InChI is InChI=1S/C14H28BO2/c1-11(2)8-9-14(5,6)17-10-13(3,4)12(16)15-7/h11H,8-10H2,1-7H3. The van der Waals surface area contributed by atoms with Gasteiger partial charge in [0.2, 0.25) is 0 Å². The zero-order valence-corrected chi connectivity index (χ0v) is 12.6. The van der Waals surface area contributed by atoms with E-state index in [4.69, 9.17) is 4.74 Å². The second-order valence-electron chi connectivity index (χ2n) is 6.52. The fourth-order valence-corrected chi connectivity index (χ4v) is 1.55. The highest BCUT2D eigenvalue weighted by molar-refractivity contribution is 6.73. The highest BCUT2D eigenvalue weighted by Crippen LogP contribution is 2.25. The van der Waals surface area contributed by atoms with Gasteiger partial charge in [0.15, 0.2) is 7.28 Å². The molecule has 2 nitrogen and oxygen atoms in total. The maximum atomic E-state index is 11.7. The molecule has 0 aromatic heterocycles. The highest BCUT2D eigenvalue weighted by atomic mass is 16.5. The molecule has 17 heavy (non-hydrogen) atoms. The lowest BCUT2D eigenvalue weighted by molar-refractivity contribution is -0.127. The summed E-state index contributed by atoms with van der Waals surface area (Å²) < 4.78 is 5.93. The molecule has 0 N–H and O–H groups in total. The molecule has 0 aliphatic rings. The fraction of sp³-hybridized carbons (Fsp3) is 0.929. The topological polar surface area (TPSA) is 26.3 Å². The maximum absolute atomic E-state index is 11.7. The minimum Gasteiger partial charge on any atom is -0.375 e. The monoisotopic (exact) mass is 239 g/mol. The van der Waals surface area contributed by atoms with Crippen LogP contribution in [0, 0.1) is 11.3 Å². The number of hydrogen-bond donors (Lipinski definition) is 0. The molecule has 3 heteroatoms. The SMILES string of the molecule is C[B]C(=O)C(C)(C)COC(C)(C)CCC(C)C. The van der Waals surface area contributed by atoms with Gasteiger partial charge in [-0.1, -0.05) is 34.5 Å². The van der Waals surface area contributed by atoms with E-state index >= 15 is 0 Å². The van der Waals surface area contributed by atoms with Crippen LogP contribution >= 0.6 is 0 Å². The lowest BCUT2D eigenvalue weighted by Gasteiger charge is -2.31. The smallest absolute Gasteiger partial charge is 0.199 e. The molecular formula is C14H28BO2. The van der Waals surface area contributed by atoms with Crippen LogP contribution in [0.5, 0.6) is 0 Å². The van der Waals surface area contributed by atoms with Crippen molar-refractivity contribution in [2.24, 2.45) is 11.3 Å². The van der Waals surface area contributed by atoms with Gasteiger partial charge in [-0.3, -0.25) is 0 Å². The Morgan fingerprint density at radius 3 is 2.18 bits per heavy atom. The van der Waals surface area contributed by atoms with E-state index < -0.39 is 5.41 Å². The molecule has 0 aromatic rings. The van der Waals surface area contributed by atoms with Crippen LogP contribution < -0.4 is 0 Å². The third kappa shape index (κ3) is 6.87. The van der Waals surface area contributed by atoms with Crippen molar-refractivity contribution in [1.82, 2.24) is 0 Å². The van der Waals surface area contributed by atoms with Crippen LogP contribution in [0.25, 0.3) is 0 Å². The number of ether oxygens (including phenoxy) is 1. The molecule has 0 bridgehead atoms. The first-order valence-electron chi connectivity index (χ1n) is 6.58. The van der Waals surface area contributed by atoms with Crippen LogP contribution in [0.2, 0.25) is 6.82 Å². The molecule has 99 valence electrons. The molecule has 0 atom stereocenters. The summed E-state index contributed by atoms with van der Waals surface area (Å²) in [5, 5.41) is 0. The quantitative estimate of drug-likeness (QED) is 0.606. The van der Waals surface area contributed by atoms with Crippen LogP contribution in [-0.2, 0) is 9.53 Å². The van der Waals surface area contributed by atoms with Crippen molar-refractivity contribution >= 4 is 13.0 Å². The summed E-state index contributed by atoms with van der Waals surface area (Å²) in [6.45, 7) is 14.8. The lowest BCUT2D eigenvalue weighted by atomic mass is 9.65. The minimum absolute atomic E-state index is 0.143. The van der Waals surface area contributed by atoms with Crippen molar-refractivity contribution in [2.75, 3.05) is 6.61 Å². The van der Waals surface area contributed by atoms with Crippen molar-refractivity contribution in [3.8, 4) is 0 Å². The van der Waals surface area contributed by atoms with Gasteiger partial charge in [-0.2, -0.15) is 0 Å². The first-order chi connectivity index (χ1) is 7.60.